The highest BCUT2D eigenvalue weighted by Crippen LogP contribution is 2.66. The van der Waals surface area contributed by atoms with Crippen LogP contribution in [0, 0.1) is 17.3 Å². The molecule has 2 nitrogen and oxygen atoms in total. The fourth-order valence-corrected chi connectivity index (χ4v) is 8.71. The molecule has 1 aromatic rings. The van der Waals surface area contributed by atoms with Crippen LogP contribution in [0.5, 0.6) is 0 Å². The fraction of sp³-hybridized carbons (Fsp3) is 0.727. The van der Waals surface area contributed by atoms with Gasteiger partial charge >= 0.3 is 0 Å². The first-order chi connectivity index (χ1) is 12.8. The smallest absolute Gasteiger partial charge is 0.192 e. The summed E-state index contributed by atoms with van der Waals surface area (Å²) in [6.45, 7) is 12.4. The molecule has 0 radical (unpaired) electrons. The van der Waals surface area contributed by atoms with Gasteiger partial charge in [0.05, 0.1) is 6.10 Å². The third-order valence-electron chi connectivity index (χ3n) is 7.60. The molecular formula is C22H35Cl2NOSi. The van der Waals surface area contributed by atoms with Crippen molar-refractivity contribution < 1.29 is 4.43 Å². The van der Waals surface area contributed by atoms with Crippen LogP contribution in [0.1, 0.15) is 59.1 Å². The Labute approximate surface area is 176 Å². The van der Waals surface area contributed by atoms with Crippen LogP contribution in [0.15, 0.2) is 18.2 Å². The van der Waals surface area contributed by atoms with Crippen LogP contribution >= 0.6 is 23.2 Å². The first-order valence-electron chi connectivity index (χ1n) is 10.6. The molecule has 0 spiro atoms. The van der Waals surface area contributed by atoms with Crippen LogP contribution in [0.4, 0.5) is 0 Å². The second-order valence-corrected chi connectivity index (χ2v) is 14.6. The third kappa shape index (κ3) is 4.28. The van der Waals surface area contributed by atoms with Crippen LogP contribution in [0.25, 0.3) is 0 Å². The Bertz CT molecular complexity index is 619. The Balaban J connectivity index is 1.74. The first kappa shape index (κ1) is 21.6. The topological polar surface area (TPSA) is 21.3 Å². The minimum Gasteiger partial charge on any atom is -0.409 e. The molecule has 2 saturated carbocycles. The first-order valence-corrected chi connectivity index (χ1v) is 13.9. The number of benzene rings is 1. The van der Waals surface area contributed by atoms with E-state index in [4.69, 9.17) is 27.6 Å². The molecule has 0 heterocycles. The van der Waals surface area contributed by atoms with E-state index in [1.165, 1.54) is 12.8 Å². The monoisotopic (exact) mass is 427 g/mol. The molecule has 2 aliphatic carbocycles. The summed E-state index contributed by atoms with van der Waals surface area (Å²) in [6.07, 6.45) is 2.51. The van der Waals surface area contributed by atoms with Gasteiger partial charge in [-0.05, 0) is 60.4 Å². The number of hydrogen-bond donors (Lipinski definition) is 1. The molecule has 1 aromatic carbocycles. The number of halogens is 2. The van der Waals surface area contributed by atoms with Crippen molar-refractivity contribution in [3.63, 3.8) is 0 Å². The van der Waals surface area contributed by atoms with Gasteiger partial charge in [0.2, 0.25) is 0 Å². The van der Waals surface area contributed by atoms with Crippen molar-refractivity contribution in [3.8, 4) is 0 Å². The summed E-state index contributed by atoms with van der Waals surface area (Å²) in [5.74, 6) is 1.79. The zero-order chi connectivity index (χ0) is 19.8. The molecule has 152 valence electrons. The average Bonchev–Trinajstić information content (AvgIpc) is 3.00. The highest BCUT2D eigenvalue weighted by molar-refractivity contribution is 6.73. The second kappa shape index (κ2) is 8.35. The predicted octanol–water partition coefficient (Wildman–Crippen LogP) is 7.08. The minimum atomic E-state index is -1.77. The highest BCUT2D eigenvalue weighted by atomic mass is 35.5. The number of nitrogens with one attached hydrogen (secondary N) is 1. The quantitative estimate of drug-likeness (QED) is 0.424. The van der Waals surface area contributed by atoms with Gasteiger partial charge in [-0.25, -0.2) is 0 Å². The predicted molar refractivity (Wildman–Crippen MR) is 119 cm³/mol. The maximum Gasteiger partial charge on any atom is 0.192 e. The van der Waals surface area contributed by atoms with Gasteiger partial charge in [-0.3, -0.25) is 0 Å². The van der Waals surface area contributed by atoms with Crippen molar-refractivity contribution >= 4 is 31.5 Å². The molecule has 5 heteroatoms. The molecule has 0 amide bonds. The maximum atomic E-state index is 6.88. The molecule has 0 aromatic heterocycles. The van der Waals surface area contributed by atoms with E-state index < -0.39 is 8.32 Å². The van der Waals surface area contributed by atoms with Crippen molar-refractivity contribution in [2.45, 2.75) is 77.7 Å². The standard InChI is InChI=1S/C22H35Cl2NOSi/c1-6-27(7-2,8-3)26-20(21-18(23)10-9-11-19(21)24)14-25-15-12-16-17(13-15)22(16,4)5/h9-11,15-17,20,25H,6-8,12-14H2,1-5H3. The fourth-order valence-electron chi connectivity index (χ4n) is 5.27. The summed E-state index contributed by atoms with van der Waals surface area (Å²) in [4.78, 5) is 0. The summed E-state index contributed by atoms with van der Waals surface area (Å²) in [5, 5.41) is 5.24. The van der Waals surface area contributed by atoms with Crippen molar-refractivity contribution in [3.05, 3.63) is 33.8 Å². The number of hydrogen-bond acceptors (Lipinski definition) is 2. The lowest BCUT2D eigenvalue weighted by molar-refractivity contribution is 0.179. The van der Waals surface area contributed by atoms with Gasteiger partial charge in [-0.2, -0.15) is 0 Å². The van der Waals surface area contributed by atoms with Crippen molar-refractivity contribution in [1.82, 2.24) is 5.32 Å². The molecule has 27 heavy (non-hydrogen) atoms. The number of rotatable bonds is 9. The lowest BCUT2D eigenvalue weighted by Crippen LogP contribution is -2.41. The van der Waals surface area contributed by atoms with E-state index in [0.717, 1.165) is 52.1 Å². The Morgan fingerprint density at radius 1 is 1.07 bits per heavy atom. The van der Waals surface area contributed by atoms with Gasteiger partial charge in [0, 0.05) is 28.2 Å². The van der Waals surface area contributed by atoms with Crippen molar-refractivity contribution in [2.75, 3.05) is 6.54 Å². The summed E-state index contributed by atoms with van der Waals surface area (Å²) < 4.78 is 6.88. The van der Waals surface area contributed by atoms with Gasteiger partial charge in [-0.15, -0.1) is 0 Å². The lowest BCUT2D eigenvalue weighted by Gasteiger charge is -2.35. The molecule has 2 aliphatic rings. The van der Waals surface area contributed by atoms with Gasteiger partial charge < -0.3 is 9.74 Å². The molecule has 1 N–H and O–H groups in total. The van der Waals surface area contributed by atoms with E-state index in [1.807, 2.05) is 18.2 Å². The summed E-state index contributed by atoms with van der Waals surface area (Å²) in [5.41, 5.74) is 1.53. The maximum absolute atomic E-state index is 6.88. The van der Waals surface area contributed by atoms with Gasteiger partial charge in [-0.1, -0.05) is 63.9 Å². The molecule has 0 saturated heterocycles. The average molecular weight is 429 g/mol. The van der Waals surface area contributed by atoms with E-state index in [0.29, 0.717) is 11.5 Å². The Morgan fingerprint density at radius 3 is 2.07 bits per heavy atom. The van der Waals surface area contributed by atoms with Crippen LogP contribution < -0.4 is 5.32 Å². The zero-order valence-corrected chi connectivity index (χ0v) is 20.0. The second-order valence-electron chi connectivity index (χ2n) is 9.10. The largest absolute Gasteiger partial charge is 0.409 e. The van der Waals surface area contributed by atoms with E-state index in [-0.39, 0.29) is 6.10 Å². The van der Waals surface area contributed by atoms with Gasteiger partial charge in [0.15, 0.2) is 8.32 Å². The Kier molecular flexibility index (Phi) is 6.70. The normalized spacial score (nSPS) is 27.4. The van der Waals surface area contributed by atoms with Crippen LogP contribution in [0.2, 0.25) is 28.2 Å². The lowest BCUT2D eigenvalue weighted by atomic mass is 9.97. The molecule has 3 atom stereocenters. The Hall–Kier alpha value is -0.0631. The van der Waals surface area contributed by atoms with Crippen molar-refractivity contribution in [2.24, 2.45) is 17.3 Å². The molecule has 3 unspecified atom stereocenters. The molecule has 3 rings (SSSR count). The minimum absolute atomic E-state index is 0.0670. The summed E-state index contributed by atoms with van der Waals surface area (Å²) in [7, 11) is -1.77. The highest BCUT2D eigenvalue weighted by Gasteiger charge is 2.61. The van der Waals surface area contributed by atoms with E-state index >= 15 is 0 Å². The van der Waals surface area contributed by atoms with E-state index in [9.17, 15) is 0 Å². The molecule has 2 fully saturated rings. The van der Waals surface area contributed by atoms with E-state index in [2.05, 4.69) is 39.9 Å². The SMILES string of the molecule is CC[Si](CC)(CC)OC(CNC1CC2C(C1)C2(C)C)c1c(Cl)cccc1Cl. The van der Waals surface area contributed by atoms with Gasteiger partial charge in [0.1, 0.15) is 0 Å². The van der Waals surface area contributed by atoms with Crippen molar-refractivity contribution in [1.29, 1.82) is 0 Å². The van der Waals surface area contributed by atoms with Crippen LogP contribution in [-0.2, 0) is 4.43 Å². The molecule has 0 bridgehead atoms. The third-order valence-corrected chi connectivity index (χ3v) is 12.9. The summed E-state index contributed by atoms with van der Waals surface area (Å²) in [6, 6.07) is 9.75. The number of fused-ring (bicyclic) bond motifs is 1. The molecular weight excluding hydrogens is 393 g/mol. The van der Waals surface area contributed by atoms with Gasteiger partial charge in [0.25, 0.3) is 0 Å². The Morgan fingerprint density at radius 2 is 1.59 bits per heavy atom. The molecule has 0 aliphatic heterocycles. The zero-order valence-electron chi connectivity index (χ0n) is 17.4. The van der Waals surface area contributed by atoms with Crippen LogP contribution in [0.3, 0.4) is 0 Å². The summed E-state index contributed by atoms with van der Waals surface area (Å²) >= 11 is 13.1. The van der Waals surface area contributed by atoms with E-state index in [1.54, 1.807) is 0 Å². The van der Waals surface area contributed by atoms with Crippen LogP contribution in [-0.4, -0.2) is 20.9 Å².